The van der Waals surface area contributed by atoms with Gasteiger partial charge in [0, 0.05) is 6.42 Å². The van der Waals surface area contributed by atoms with Gasteiger partial charge in [-0.15, -0.1) is 0 Å². The molecule has 0 saturated carbocycles. The summed E-state index contributed by atoms with van der Waals surface area (Å²) in [5.74, 6) is 0.838. The van der Waals surface area contributed by atoms with Gasteiger partial charge in [-0.05, 0) is 71.5 Å². The van der Waals surface area contributed by atoms with Crippen molar-refractivity contribution in [3.8, 4) is 22.6 Å². The van der Waals surface area contributed by atoms with Crippen molar-refractivity contribution in [2.75, 3.05) is 7.11 Å². The minimum absolute atomic E-state index is 0.137. The number of benzene rings is 3. The lowest BCUT2D eigenvalue weighted by atomic mass is 9.99. The van der Waals surface area contributed by atoms with Gasteiger partial charge in [0.2, 0.25) is 0 Å². The zero-order valence-corrected chi connectivity index (χ0v) is 16.1. The van der Waals surface area contributed by atoms with Crippen LogP contribution in [-0.4, -0.2) is 18.2 Å². The number of carboxylic acid groups (broad SMARTS) is 1. The Kier molecular flexibility index (Phi) is 6.33. The molecule has 0 fully saturated rings. The summed E-state index contributed by atoms with van der Waals surface area (Å²) in [6.45, 7) is 2.55. The number of aliphatic carboxylic acids is 1. The molecule has 4 nitrogen and oxygen atoms in total. The third-order valence-corrected chi connectivity index (χ3v) is 4.63. The molecule has 1 N–H and O–H groups in total. The van der Waals surface area contributed by atoms with E-state index < -0.39 is 5.97 Å². The maximum Gasteiger partial charge on any atom is 0.303 e. The normalized spacial score (nSPS) is 10.5. The Balaban J connectivity index is 1.66. The standard InChI is InChI=1S/C24H24O4/c1-17-14-22(27-2)11-12-23(17)20-5-3-4-19(15-20)16-28-21-9-6-18(7-10-21)8-13-24(25)26/h3-7,9-12,14-15H,8,13,16H2,1-2H3,(H,25,26). The van der Waals surface area contributed by atoms with Crippen molar-refractivity contribution in [1.82, 2.24) is 0 Å². The fourth-order valence-corrected chi connectivity index (χ4v) is 3.09. The number of carbonyl (C=O) groups is 1. The fourth-order valence-electron chi connectivity index (χ4n) is 3.09. The summed E-state index contributed by atoms with van der Waals surface area (Å²) in [4.78, 5) is 10.7. The first-order valence-electron chi connectivity index (χ1n) is 9.22. The third-order valence-electron chi connectivity index (χ3n) is 4.63. The van der Waals surface area contributed by atoms with E-state index in [1.807, 2.05) is 48.5 Å². The van der Waals surface area contributed by atoms with Crippen molar-refractivity contribution < 1.29 is 19.4 Å². The summed E-state index contributed by atoms with van der Waals surface area (Å²) in [5.41, 5.74) is 5.56. The molecule has 0 radical (unpaired) electrons. The lowest BCUT2D eigenvalue weighted by Crippen LogP contribution is -1.98. The van der Waals surface area contributed by atoms with Gasteiger partial charge in [0.05, 0.1) is 7.11 Å². The molecular formula is C24H24O4. The fraction of sp³-hybridized carbons (Fsp3) is 0.208. The molecule has 4 heteroatoms. The number of rotatable bonds is 8. The summed E-state index contributed by atoms with van der Waals surface area (Å²) in [6.07, 6.45) is 0.663. The van der Waals surface area contributed by atoms with Crippen LogP contribution in [0.25, 0.3) is 11.1 Å². The molecule has 0 saturated heterocycles. The minimum atomic E-state index is -0.785. The van der Waals surface area contributed by atoms with E-state index in [1.165, 1.54) is 5.56 Å². The van der Waals surface area contributed by atoms with Crippen molar-refractivity contribution in [2.24, 2.45) is 0 Å². The Morgan fingerprint density at radius 1 is 0.929 bits per heavy atom. The molecule has 0 aliphatic rings. The predicted octanol–water partition coefficient (Wildman–Crippen LogP) is 5.27. The Morgan fingerprint density at radius 2 is 1.68 bits per heavy atom. The molecule has 3 rings (SSSR count). The van der Waals surface area contributed by atoms with Gasteiger partial charge in [-0.25, -0.2) is 0 Å². The summed E-state index contributed by atoms with van der Waals surface area (Å²) < 4.78 is 11.2. The highest BCUT2D eigenvalue weighted by Crippen LogP contribution is 2.27. The highest BCUT2D eigenvalue weighted by molar-refractivity contribution is 5.69. The SMILES string of the molecule is COc1ccc(-c2cccc(COc3ccc(CCC(=O)O)cc3)c2)c(C)c1. The second kappa shape index (κ2) is 9.09. The predicted molar refractivity (Wildman–Crippen MR) is 110 cm³/mol. The van der Waals surface area contributed by atoms with Gasteiger partial charge in [0.1, 0.15) is 18.1 Å². The van der Waals surface area contributed by atoms with Crippen molar-refractivity contribution in [1.29, 1.82) is 0 Å². The van der Waals surface area contributed by atoms with Crippen LogP contribution in [0, 0.1) is 6.92 Å². The topological polar surface area (TPSA) is 55.8 Å². The van der Waals surface area contributed by atoms with Crippen LogP contribution >= 0.6 is 0 Å². The maximum atomic E-state index is 10.7. The first kappa shape index (κ1) is 19.5. The maximum absolute atomic E-state index is 10.7. The van der Waals surface area contributed by atoms with Gasteiger partial charge in [0.15, 0.2) is 0 Å². The zero-order chi connectivity index (χ0) is 19.9. The van der Waals surface area contributed by atoms with Crippen LogP contribution in [0.1, 0.15) is 23.1 Å². The average Bonchev–Trinajstić information content (AvgIpc) is 2.71. The van der Waals surface area contributed by atoms with Gasteiger partial charge in [0.25, 0.3) is 0 Å². The highest BCUT2D eigenvalue weighted by Gasteiger charge is 2.05. The van der Waals surface area contributed by atoms with Crippen molar-refractivity contribution in [3.05, 3.63) is 83.4 Å². The summed E-state index contributed by atoms with van der Waals surface area (Å²) in [6, 6.07) is 22.0. The molecule has 0 bridgehead atoms. The number of carboxylic acids is 1. The second-order valence-corrected chi connectivity index (χ2v) is 6.71. The molecular weight excluding hydrogens is 352 g/mol. The largest absolute Gasteiger partial charge is 0.497 e. The Morgan fingerprint density at radius 3 is 2.36 bits per heavy atom. The zero-order valence-electron chi connectivity index (χ0n) is 16.1. The lowest BCUT2D eigenvalue weighted by Gasteiger charge is -2.11. The molecule has 0 aliphatic carbocycles. The van der Waals surface area contributed by atoms with E-state index in [9.17, 15) is 4.79 Å². The first-order valence-corrected chi connectivity index (χ1v) is 9.22. The van der Waals surface area contributed by atoms with E-state index in [0.29, 0.717) is 13.0 Å². The van der Waals surface area contributed by atoms with Crippen LogP contribution in [0.2, 0.25) is 0 Å². The number of aryl methyl sites for hydroxylation is 2. The number of ether oxygens (including phenoxy) is 2. The number of hydrogen-bond donors (Lipinski definition) is 1. The van der Waals surface area contributed by atoms with E-state index in [1.54, 1.807) is 7.11 Å². The minimum Gasteiger partial charge on any atom is -0.497 e. The third kappa shape index (κ3) is 5.13. The van der Waals surface area contributed by atoms with Crippen LogP contribution in [-0.2, 0) is 17.8 Å². The smallest absolute Gasteiger partial charge is 0.303 e. The average molecular weight is 376 g/mol. The van der Waals surface area contributed by atoms with Crippen LogP contribution < -0.4 is 9.47 Å². The van der Waals surface area contributed by atoms with Gasteiger partial charge in [-0.2, -0.15) is 0 Å². The molecule has 3 aromatic carbocycles. The molecule has 0 aromatic heterocycles. The van der Waals surface area contributed by atoms with Crippen LogP contribution in [0.15, 0.2) is 66.7 Å². The number of methoxy groups -OCH3 is 1. The van der Waals surface area contributed by atoms with E-state index in [4.69, 9.17) is 14.6 Å². The molecule has 0 spiro atoms. The second-order valence-electron chi connectivity index (χ2n) is 6.71. The van der Waals surface area contributed by atoms with E-state index in [2.05, 4.69) is 25.1 Å². The van der Waals surface area contributed by atoms with Gasteiger partial charge < -0.3 is 14.6 Å². The molecule has 28 heavy (non-hydrogen) atoms. The van der Waals surface area contributed by atoms with Crippen molar-refractivity contribution in [3.63, 3.8) is 0 Å². The van der Waals surface area contributed by atoms with Crippen molar-refractivity contribution in [2.45, 2.75) is 26.4 Å². The van der Waals surface area contributed by atoms with Gasteiger partial charge in [-0.3, -0.25) is 4.79 Å². The van der Waals surface area contributed by atoms with E-state index in [-0.39, 0.29) is 6.42 Å². The molecule has 0 aliphatic heterocycles. The van der Waals surface area contributed by atoms with Gasteiger partial charge >= 0.3 is 5.97 Å². The summed E-state index contributed by atoms with van der Waals surface area (Å²) >= 11 is 0. The molecule has 0 unspecified atom stereocenters. The van der Waals surface area contributed by atoms with Crippen molar-refractivity contribution >= 4 is 5.97 Å². The first-order chi connectivity index (χ1) is 13.5. The Labute approximate surface area is 165 Å². The quantitative estimate of drug-likeness (QED) is 0.582. The summed E-state index contributed by atoms with van der Waals surface area (Å²) in [7, 11) is 1.67. The molecule has 0 atom stereocenters. The molecule has 0 heterocycles. The number of hydrogen-bond acceptors (Lipinski definition) is 3. The molecule has 3 aromatic rings. The Hall–Kier alpha value is -3.27. The van der Waals surface area contributed by atoms with Crippen LogP contribution in [0.3, 0.4) is 0 Å². The van der Waals surface area contributed by atoms with E-state index >= 15 is 0 Å². The molecule has 0 amide bonds. The van der Waals surface area contributed by atoms with Gasteiger partial charge in [-0.1, -0.05) is 36.4 Å². The van der Waals surface area contributed by atoms with E-state index in [0.717, 1.165) is 33.8 Å². The highest BCUT2D eigenvalue weighted by atomic mass is 16.5. The van der Waals surface area contributed by atoms with Crippen LogP contribution in [0.5, 0.6) is 11.5 Å². The van der Waals surface area contributed by atoms with Crippen LogP contribution in [0.4, 0.5) is 0 Å². The summed E-state index contributed by atoms with van der Waals surface area (Å²) in [5, 5.41) is 8.76. The monoisotopic (exact) mass is 376 g/mol. The Bertz CT molecular complexity index is 945. The lowest BCUT2D eigenvalue weighted by molar-refractivity contribution is -0.136. The molecule has 144 valence electrons.